The lowest BCUT2D eigenvalue weighted by molar-refractivity contribution is -0.907. The van der Waals surface area contributed by atoms with E-state index in [1.54, 1.807) is 0 Å². The molecule has 98 valence electrons. The van der Waals surface area contributed by atoms with Gasteiger partial charge in [-0.15, -0.1) is 0 Å². The number of hydrogen-bond donors (Lipinski definition) is 2. The predicted octanol–water partition coefficient (Wildman–Crippen LogP) is -0.261. The Bertz CT molecular complexity index is 187. The Hall–Kier alpha value is -0.160. The number of nitrogens with one attached hydrogen (secondary N) is 1. The van der Waals surface area contributed by atoms with Crippen LogP contribution in [0.25, 0.3) is 0 Å². The van der Waals surface area contributed by atoms with Gasteiger partial charge in [-0.2, -0.15) is 0 Å². The van der Waals surface area contributed by atoms with Gasteiger partial charge in [0.2, 0.25) is 0 Å². The van der Waals surface area contributed by atoms with Crippen LogP contribution in [-0.4, -0.2) is 88.6 Å². The highest BCUT2D eigenvalue weighted by molar-refractivity contribution is 4.52. The molecule has 0 spiro atoms. The fraction of sp³-hybridized carbons (Fsp3) is 1.00. The van der Waals surface area contributed by atoms with Gasteiger partial charge in [0.25, 0.3) is 0 Å². The van der Waals surface area contributed by atoms with Crippen molar-refractivity contribution in [3.05, 3.63) is 0 Å². The van der Waals surface area contributed by atoms with Crippen molar-refractivity contribution in [3.63, 3.8) is 0 Å². The van der Waals surface area contributed by atoms with Crippen molar-refractivity contribution in [1.82, 2.24) is 5.32 Å². The summed E-state index contributed by atoms with van der Waals surface area (Å²) >= 11 is 0. The number of hydrogen-bond acceptors (Lipinski definition) is 2. The molecule has 0 rings (SSSR count). The van der Waals surface area contributed by atoms with Gasteiger partial charge in [-0.1, -0.05) is 0 Å². The van der Waals surface area contributed by atoms with E-state index in [1.165, 1.54) is 0 Å². The molecule has 1 atom stereocenters. The van der Waals surface area contributed by atoms with E-state index in [2.05, 4.69) is 40.6 Å². The third-order valence-corrected chi connectivity index (χ3v) is 2.65. The minimum atomic E-state index is -0.218. The van der Waals surface area contributed by atoms with E-state index >= 15 is 0 Å². The van der Waals surface area contributed by atoms with Gasteiger partial charge in [-0.3, -0.25) is 0 Å². The third kappa shape index (κ3) is 9.09. The van der Waals surface area contributed by atoms with Crippen LogP contribution in [0.4, 0.5) is 0 Å². The Morgan fingerprint density at radius 2 is 1.62 bits per heavy atom. The van der Waals surface area contributed by atoms with Crippen LogP contribution in [0, 0.1) is 0 Å². The second-order valence-corrected chi connectivity index (χ2v) is 6.43. The predicted molar refractivity (Wildman–Crippen MR) is 69.3 cm³/mol. The summed E-state index contributed by atoms with van der Waals surface area (Å²) in [4.78, 5) is 0. The van der Waals surface area contributed by atoms with Crippen LogP contribution in [-0.2, 0) is 0 Å². The van der Waals surface area contributed by atoms with Crippen LogP contribution in [0.5, 0.6) is 0 Å². The van der Waals surface area contributed by atoms with Gasteiger partial charge in [0.05, 0.1) is 41.8 Å². The smallest absolute Gasteiger partial charge is 0.152 e. The summed E-state index contributed by atoms with van der Waals surface area (Å²) in [5.41, 5.74) is 0. The number of rotatable bonds is 8. The van der Waals surface area contributed by atoms with Gasteiger partial charge >= 0.3 is 0 Å². The quantitative estimate of drug-likeness (QED) is 0.447. The van der Waals surface area contributed by atoms with Crippen LogP contribution in [0.1, 0.15) is 6.42 Å². The second kappa shape index (κ2) is 6.55. The molecular weight excluding hydrogens is 202 g/mol. The molecule has 0 aromatic heterocycles. The second-order valence-electron chi connectivity index (χ2n) is 6.43. The van der Waals surface area contributed by atoms with Crippen LogP contribution in [0.2, 0.25) is 0 Å². The number of quaternary nitrogens is 2. The summed E-state index contributed by atoms with van der Waals surface area (Å²) < 4.78 is 1.71. The molecule has 0 aromatic rings. The minimum absolute atomic E-state index is 0.218. The zero-order valence-electron chi connectivity index (χ0n) is 12.0. The molecular formula is C12H31N3O+2. The molecule has 0 saturated heterocycles. The van der Waals surface area contributed by atoms with Crippen LogP contribution >= 0.6 is 0 Å². The van der Waals surface area contributed by atoms with Crippen molar-refractivity contribution < 1.29 is 14.1 Å². The summed E-state index contributed by atoms with van der Waals surface area (Å²) in [6, 6.07) is 0. The van der Waals surface area contributed by atoms with Gasteiger partial charge in [-0.25, -0.2) is 0 Å². The van der Waals surface area contributed by atoms with Crippen LogP contribution < -0.4 is 5.32 Å². The third-order valence-electron chi connectivity index (χ3n) is 2.65. The zero-order valence-corrected chi connectivity index (χ0v) is 12.0. The minimum Gasteiger partial charge on any atom is -0.382 e. The topological polar surface area (TPSA) is 32.3 Å². The highest BCUT2D eigenvalue weighted by atomic mass is 16.3. The largest absolute Gasteiger partial charge is 0.382 e. The Morgan fingerprint density at radius 3 is 2.06 bits per heavy atom. The first-order chi connectivity index (χ1) is 7.16. The van der Waals surface area contributed by atoms with Crippen molar-refractivity contribution in [3.8, 4) is 0 Å². The van der Waals surface area contributed by atoms with Crippen LogP contribution in [0.3, 0.4) is 0 Å². The molecule has 0 aliphatic heterocycles. The maximum atomic E-state index is 10.0. The lowest BCUT2D eigenvalue weighted by atomic mass is 10.2. The number of aliphatic hydroxyl groups is 1. The van der Waals surface area contributed by atoms with E-state index in [4.69, 9.17) is 0 Å². The molecule has 0 amide bonds. The zero-order chi connectivity index (χ0) is 12.8. The standard InChI is InChI=1S/C12H31N3O/c1-13-8-7-9-15(5,6)11-12(16)10-14(2,3)4/h12-13,16H,7-11H2,1-6H3/q+2. The van der Waals surface area contributed by atoms with Crippen molar-refractivity contribution in [2.45, 2.75) is 12.5 Å². The highest BCUT2D eigenvalue weighted by Gasteiger charge is 2.24. The first kappa shape index (κ1) is 15.8. The molecule has 0 aliphatic carbocycles. The monoisotopic (exact) mass is 233 g/mol. The SMILES string of the molecule is CNCCC[N+](C)(C)CC(O)C[N+](C)(C)C. The summed E-state index contributed by atoms with van der Waals surface area (Å²) in [6.07, 6.45) is 0.935. The Labute approximate surface area is 101 Å². The lowest BCUT2D eigenvalue weighted by Crippen LogP contribution is -2.51. The summed E-state index contributed by atoms with van der Waals surface area (Å²) in [6.45, 7) is 3.80. The van der Waals surface area contributed by atoms with E-state index < -0.39 is 0 Å². The molecule has 0 heterocycles. The maximum Gasteiger partial charge on any atom is 0.152 e. The van der Waals surface area contributed by atoms with Gasteiger partial charge < -0.3 is 19.4 Å². The molecule has 0 fully saturated rings. The van der Waals surface area contributed by atoms with Crippen molar-refractivity contribution in [1.29, 1.82) is 0 Å². The average molecular weight is 233 g/mol. The summed E-state index contributed by atoms with van der Waals surface area (Å²) in [7, 11) is 12.7. The Balaban J connectivity index is 3.94. The molecule has 0 radical (unpaired) electrons. The molecule has 16 heavy (non-hydrogen) atoms. The van der Waals surface area contributed by atoms with Crippen molar-refractivity contribution >= 4 is 0 Å². The first-order valence-electron chi connectivity index (χ1n) is 6.11. The number of nitrogens with zero attached hydrogens (tertiary/aromatic N) is 2. The molecule has 0 saturated carbocycles. The van der Waals surface area contributed by atoms with Crippen molar-refractivity contribution in [2.24, 2.45) is 0 Å². The average Bonchev–Trinajstić information content (AvgIpc) is 1.98. The molecule has 1 unspecified atom stereocenters. The lowest BCUT2D eigenvalue weighted by Gasteiger charge is -2.34. The summed E-state index contributed by atoms with van der Waals surface area (Å²) in [5, 5.41) is 13.2. The van der Waals surface area contributed by atoms with Crippen LogP contribution in [0.15, 0.2) is 0 Å². The number of likely N-dealkylation sites (N-methyl/N-ethyl adjacent to an activating group) is 2. The van der Waals surface area contributed by atoms with E-state index in [-0.39, 0.29) is 6.10 Å². The molecule has 2 N–H and O–H groups in total. The highest BCUT2D eigenvalue weighted by Crippen LogP contribution is 2.04. The van der Waals surface area contributed by atoms with Gasteiger partial charge in [0.15, 0.2) is 6.10 Å². The molecule has 0 bridgehead atoms. The number of aliphatic hydroxyl groups excluding tert-OH is 1. The molecule has 0 aliphatic rings. The fourth-order valence-electron chi connectivity index (χ4n) is 2.04. The van der Waals surface area contributed by atoms with Gasteiger partial charge in [0.1, 0.15) is 13.1 Å². The summed E-state index contributed by atoms with van der Waals surface area (Å²) in [5.74, 6) is 0. The van der Waals surface area contributed by atoms with Crippen molar-refractivity contribution in [2.75, 3.05) is 68.5 Å². The molecule has 4 heteroatoms. The van der Waals surface area contributed by atoms with Gasteiger partial charge in [-0.05, 0) is 7.05 Å². The normalized spacial score (nSPS) is 15.2. The van der Waals surface area contributed by atoms with E-state index in [1.807, 2.05) is 7.05 Å². The molecule has 0 aromatic carbocycles. The van der Waals surface area contributed by atoms with E-state index in [0.717, 1.165) is 41.6 Å². The Kier molecular flexibility index (Phi) is 6.48. The van der Waals surface area contributed by atoms with Gasteiger partial charge in [0, 0.05) is 13.0 Å². The Morgan fingerprint density at radius 1 is 1.06 bits per heavy atom. The maximum absolute atomic E-state index is 10.0. The van der Waals surface area contributed by atoms with E-state index in [0.29, 0.717) is 0 Å². The van der Waals surface area contributed by atoms with E-state index in [9.17, 15) is 5.11 Å². The fourth-order valence-corrected chi connectivity index (χ4v) is 2.04. The first-order valence-corrected chi connectivity index (χ1v) is 6.11. The molecule has 4 nitrogen and oxygen atoms in total.